The van der Waals surface area contributed by atoms with Gasteiger partial charge in [-0.15, -0.1) is 0 Å². The average Bonchev–Trinajstić information content (AvgIpc) is 3.52. The summed E-state index contributed by atoms with van der Waals surface area (Å²) in [5.74, 6) is -0.197. The Balaban J connectivity index is 1.57. The van der Waals surface area contributed by atoms with E-state index in [0.29, 0.717) is 5.82 Å². The highest BCUT2D eigenvalue weighted by atomic mass is 19.4. The minimum Gasteiger partial charge on any atom is -0.483 e. The number of carbonyl (C=O) groups excluding carboxylic acids is 2. The number of aromatic nitrogens is 2. The quantitative estimate of drug-likeness (QED) is 0.734. The van der Waals surface area contributed by atoms with Gasteiger partial charge in [0.25, 0.3) is 5.91 Å². The minimum atomic E-state index is -4.45. The summed E-state index contributed by atoms with van der Waals surface area (Å²) in [6.07, 6.45) is -0.0994. The third-order valence-corrected chi connectivity index (χ3v) is 4.20. The predicted octanol–water partition coefficient (Wildman–Crippen LogP) is 3.26. The molecule has 0 saturated heterocycles. The van der Waals surface area contributed by atoms with Crippen molar-refractivity contribution in [3.8, 4) is 5.75 Å². The Kier molecular flexibility index (Phi) is 6.00. The fraction of sp³-hybridized carbons (Fsp3) is 0.368. The molecule has 2 amide bonds. The van der Waals surface area contributed by atoms with Gasteiger partial charge in [-0.25, -0.2) is 9.97 Å². The van der Waals surface area contributed by atoms with E-state index in [4.69, 9.17) is 0 Å². The van der Waals surface area contributed by atoms with Crippen molar-refractivity contribution in [3.05, 3.63) is 47.9 Å². The summed E-state index contributed by atoms with van der Waals surface area (Å²) in [4.78, 5) is 32.1. The molecule has 2 heterocycles. The van der Waals surface area contributed by atoms with Crippen LogP contribution in [0.5, 0.6) is 5.75 Å². The van der Waals surface area contributed by atoms with E-state index in [-0.39, 0.29) is 23.3 Å². The van der Waals surface area contributed by atoms with Gasteiger partial charge >= 0.3 is 6.18 Å². The zero-order chi connectivity index (χ0) is 21.0. The molecule has 0 bridgehead atoms. The third kappa shape index (κ3) is 6.16. The Morgan fingerprint density at radius 3 is 2.62 bits per heavy atom. The maximum Gasteiger partial charge on any atom is 0.422 e. The average molecular weight is 408 g/mol. The molecule has 154 valence electrons. The maximum absolute atomic E-state index is 12.3. The third-order valence-electron chi connectivity index (χ3n) is 4.20. The number of rotatable bonds is 7. The van der Waals surface area contributed by atoms with Gasteiger partial charge in [0, 0.05) is 12.1 Å². The molecule has 29 heavy (non-hydrogen) atoms. The van der Waals surface area contributed by atoms with E-state index < -0.39 is 24.7 Å². The van der Waals surface area contributed by atoms with Gasteiger partial charge in [-0.3, -0.25) is 9.59 Å². The summed E-state index contributed by atoms with van der Waals surface area (Å²) >= 11 is 0. The smallest absolute Gasteiger partial charge is 0.422 e. The standard InChI is InChI=1S/C19H19F3N4O3/c1-11(13-6-7-23-16(8-13)26-17(27)12-2-3-12)25-18(28)15-5-4-14(9-24-15)29-10-19(20,21)22/h4-9,11-12H,2-3,10H2,1H3,(H,25,28)(H,23,26,27). The van der Waals surface area contributed by atoms with Crippen molar-refractivity contribution in [1.82, 2.24) is 15.3 Å². The van der Waals surface area contributed by atoms with Crippen LogP contribution in [0.3, 0.4) is 0 Å². The van der Waals surface area contributed by atoms with E-state index in [1.807, 2.05) is 0 Å². The van der Waals surface area contributed by atoms with Crippen LogP contribution >= 0.6 is 0 Å². The molecule has 0 aliphatic heterocycles. The first-order chi connectivity index (χ1) is 13.7. The van der Waals surface area contributed by atoms with E-state index >= 15 is 0 Å². The van der Waals surface area contributed by atoms with Gasteiger partial charge < -0.3 is 15.4 Å². The number of nitrogens with one attached hydrogen (secondary N) is 2. The molecule has 7 nitrogen and oxygen atoms in total. The minimum absolute atomic E-state index is 0.0347. The predicted molar refractivity (Wildman–Crippen MR) is 97.3 cm³/mol. The second-order valence-corrected chi connectivity index (χ2v) is 6.72. The summed E-state index contributed by atoms with van der Waals surface area (Å²) in [6.45, 7) is 0.319. The van der Waals surface area contributed by atoms with Gasteiger partial charge in [0.05, 0.1) is 12.2 Å². The molecule has 1 unspecified atom stereocenters. The molecule has 1 aliphatic carbocycles. The molecule has 2 aromatic heterocycles. The van der Waals surface area contributed by atoms with E-state index in [0.717, 1.165) is 24.6 Å². The van der Waals surface area contributed by atoms with Gasteiger partial charge in [-0.1, -0.05) is 0 Å². The Morgan fingerprint density at radius 1 is 1.24 bits per heavy atom. The Hall–Kier alpha value is -3.17. The molecule has 2 aromatic rings. The first-order valence-electron chi connectivity index (χ1n) is 8.94. The van der Waals surface area contributed by atoms with Crippen LogP contribution in [0.15, 0.2) is 36.7 Å². The Morgan fingerprint density at radius 2 is 2.00 bits per heavy atom. The lowest BCUT2D eigenvalue weighted by Crippen LogP contribution is -2.27. The van der Waals surface area contributed by atoms with Gasteiger partial charge in [-0.2, -0.15) is 13.2 Å². The van der Waals surface area contributed by atoms with Gasteiger partial charge in [-0.05, 0) is 49.6 Å². The fourth-order valence-corrected chi connectivity index (χ4v) is 2.48. The maximum atomic E-state index is 12.3. The second-order valence-electron chi connectivity index (χ2n) is 6.72. The van der Waals surface area contributed by atoms with Crippen molar-refractivity contribution in [2.45, 2.75) is 32.0 Å². The van der Waals surface area contributed by atoms with E-state index in [2.05, 4.69) is 25.3 Å². The molecule has 2 N–H and O–H groups in total. The largest absolute Gasteiger partial charge is 0.483 e. The van der Waals surface area contributed by atoms with E-state index in [9.17, 15) is 22.8 Å². The fourth-order valence-electron chi connectivity index (χ4n) is 2.48. The SMILES string of the molecule is CC(NC(=O)c1ccc(OCC(F)(F)F)cn1)c1ccnc(NC(=O)C2CC2)c1. The molecular formula is C19H19F3N4O3. The number of hydrogen-bond acceptors (Lipinski definition) is 5. The molecule has 1 aliphatic rings. The molecule has 1 fully saturated rings. The zero-order valence-electron chi connectivity index (χ0n) is 15.5. The molecule has 3 rings (SSSR count). The van der Waals surface area contributed by atoms with Crippen LogP contribution in [0.2, 0.25) is 0 Å². The highest BCUT2D eigenvalue weighted by molar-refractivity contribution is 5.93. The number of carbonyl (C=O) groups is 2. The Bertz CT molecular complexity index is 883. The van der Waals surface area contributed by atoms with Crippen molar-refractivity contribution in [1.29, 1.82) is 0 Å². The first-order valence-corrected chi connectivity index (χ1v) is 8.94. The summed E-state index contributed by atoms with van der Waals surface area (Å²) < 4.78 is 41.0. The molecular weight excluding hydrogens is 389 g/mol. The normalized spacial score (nSPS) is 14.8. The lowest BCUT2D eigenvalue weighted by molar-refractivity contribution is -0.153. The molecule has 1 saturated carbocycles. The molecule has 1 atom stereocenters. The number of alkyl halides is 3. The zero-order valence-corrected chi connectivity index (χ0v) is 15.5. The van der Waals surface area contributed by atoms with Gasteiger partial charge in [0.1, 0.15) is 17.3 Å². The number of halogens is 3. The van der Waals surface area contributed by atoms with Crippen LogP contribution in [0.4, 0.5) is 19.0 Å². The number of nitrogens with zero attached hydrogens (tertiary/aromatic N) is 2. The first kappa shape index (κ1) is 20.6. The summed E-state index contributed by atoms with van der Waals surface area (Å²) in [7, 11) is 0. The topological polar surface area (TPSA) is 93.2 Å². The van der Waals surface area contributed by atoms with Gasteiger partial charge in [0.15, 0.2) is 6.61 Å². The highest BCUT2D eigenvalue weighted by Crippen LogP contribution is 2.30. The summed E-state index contributed by atoms with van der Waals surface area (Å²) in [5.41, 5.74) is 0.761. The van der Waals surface area contributed by atoms with Crippen LogP contribution in [0.25, 0.3) is 0 Å². The molecule has 10 heteroatoms. The second kappa shape index (κ2) is 8.46. The molecule has 0 radical (unpaired) electrons. The van der Waals surface area contributed by atoms with Crippen molar-refractivity contribution in [2.75, 3.05) is 11.9 Å². The monoisotopic (exact) mass is 408 g/mol. The number of ether oxygens (including phenoxy) is 1. The Labute approximate surface area is 164 Å². The van der Waals surface area contributed by atoms with Crippen molar-refractivity contribution in [3.63, 3.8) is 0 Å². The van der Waals surface area contributed by atoms with Crippen molar-refractivity contribution < 1.29 is 27.5 Å². The van der Waals surface area contributed by atoms with Crippen LogP contribution in [-0.4, -0.2) is 34.6 Å². The lowest BCUT2D eigenvalue weighted by Gasteiger charge is -2.15. The number of anilines is 1. The van der Waals surface area contributed by atoms with E-state index in [1.54, 1.807) is 19.1 Å². The van der Waals surface area contributed by atoms with Crippen LogP contribution < -0.4 is 15.4 Å². The number of hydrogen-bond donors (Lipinski definition) is 2. The lowest BCUT2D eigenvalue weighted by atomic mass is 10.1. The van der Waals surface area contributed by atoms with E-state index in [1.165, 1.54) is 18.3 Å². The number of amides is 2. The molecule has 0 spiro atoms. The summed E-state index contributed by atoms with van der Waals surface area (Å²) in [6, 6.07) is 5.49. The van der Waals surface area contributed by atoms with Crippen molar-refractivity contribution in [2.24, 2.45) is 5.92 Å². The number of pyridine rings is 2. The van der Waals surface area contributed by atoms with Crippen LogP contribution in [0, 0.1) is 5.92 Å². The van der Waals surface area contributed by atoms with Gasteiger partial charge in [0.2, 0.25) is 5.91 Å². The van der Waals surface area contributed by atoms with Crippen LogP contribution in [-0.2, 0) is 4.79 Å². The molecule has 0 aromatic carbocycles. The van der Waals surface area contributed by atoms with Crippen molar-refractivity contribution >= 4 is 17.6 Å². The summed E-state index contributed by atoms with van der Waals surface area (Å²) in [5, 5.41) is 5.48. The van der Waals surface area contributed by atoms with Crippen LogP contribution in [0.1, 0.15) is 41.9 Å². The highest BCUT2D eigenvalue weighted by Gasteiger charge is 2.30.